The lowest BCUT2D eigenvalue weighted by molar-refractivity contribution is -0.0184. The molecular weight excluding hydrogens is 186 g/mol. The second-order valence-electron chi connectivity index (χ2n) is 5.58. The lowest BCUT2D eigenvalue weighted by atomic mass is 9.86. The van der Waals surface area contributed by atoms with Crippen molar-refractivity contribution in [2.24, 2.45) is 5.73 Å². The standard InChI is InChI=1S/C13H21NO/c14-11-7-10(8-11)9-12-3-6-13(15-12)4-1-2-5-13/h9,11-12H,1-8,14H2. The predicted octanol–water partition coefficient (Wildman–Crippen LogP) is 2.53. The Kier molecular flexibility index (Phi) is 2.37. The first-order valence-corrected chi connectivity index (χ1v) is 6.39. The van der Waals surface area contributed by atoms with Crippen LogP contribution in [0.5, 0.6) is 0 Å². The molecule has 2 aliphatic carbocycles. The maximum absolute atomic E-state index is 6.23. The van der Waals surface area contributed by atoms with Crippen LogP contribution in [0.2, 0.25) is 0 Å². The van der Waals surface area contributed by atoms with Gasteiger partial charge in [-0.15, -0.1) is 0 Å². The van der Waals surface area contributed by atoms with Gasteiger partial charge in [-0.2, -0.15) is 0 Å². The van der Waals surface area contributed by atoms with Gasteiger partial charge < -0.3 is 10.5 Å². The van der Waals surface area contributed by atoms with Gasteiger partial charge >= 0.3 is 0 Å². The van der Waals surface area contributed by atoms with Crippen molar-refractivity contribution in [3.05, 3.63) is 11.6 Å². The van der Waals surface area contributed by atoms with Gasteiger partial charge in [0.1, 0.15) is 0 Å². The molecule has 2 saturated carbocycles. The molecule has 1 aliphatic heterocycles. The van der Waals surface area contributed by atoms with E-state index in [-0.39, 0.29) is 5.60 Å². The molecule has 0 aromatic rings. The summed E-state index contributed by atoms with van der Waals surface area (Å²) in [7, 11) is 0. The Bertz CT molecular complexity index is 270. The van der Waals surface area contributed by atoms with E-state index in [2.05, 4.69) is 6.08 Å². The van der Waals surface area contributed by atoms with Gasteiger partial charge in [0, 0.05) is 6.04 Å². The minimum Gasteiger partial charge on any atom is -0.368 e. The minimum atomic E-state index is 0.285. The van der Waals surface area contributed by atoms with Crippen molar-refractivity contribution in [2.75, 3.05) is 0 Å². The van der Waals surface area contributed by atoms with Gasteiger partial charge in [0.15, 0.2) is 0 Å². The highest BCUT2D eigenvalue weighted by molar-refractivity contribution is 5.18. The van der Waals surface area contributed by atoms with Crippen LogP contribution in [0.25, 0.3) is 0 Å². The number of nitrogens with two attached hydrogens (primary N) is 1. The highest BCUT2D eigenvalue weighted by Crippen LogP contribution is 2.44. The van der Waals surface area contributed by atoms with E-state index in [1.54, 1.807) is 0 Å². The van der Waals surface area contributed by atoms with Crippen molar-refractivity contribution in [3.63, 3.8) is 0 Å². The Morgan fingerprint density at radius 2 is 1.93 bits per heavy atom. The molecule has 0 aromatic heterocycles. The summed E-state index contributed by atoms with van der Waals surface area (Å²) < 4.78 is 6.23. The van der Waals surface area contributed by atoms with Crippen LogP contribution < -0.4 is 5.73 Å². The molecule has 3 rings (SSSR count). The first-order valence-electron chi connectivity index (χ1n) is 6.39. The highest BCUT2D eigenvalue weighted by Gasteiger charge is 2.41. The molecule has 0 bridgehead atoms. The molecule has 3 fully saturated rings. The van der Waals surface area contributed by atoms with Crippen LogP contribution in [-0.4, -0.2) is 17.7 Å². The monoisotopic (exact) mass is 207 g/mol. The maximum Gasteiger partial charge on any atom is 0.0767 e. The average molecular weight is 207 g/mol. The summed E-state index contributed by atoms with van der Waals surface area (Å²) >= 11 is 0. The summed E-state index contributed by atoms with van der Waals surface area (Å²) in [5.41, 5.74) is 7.59. The summed E-state index contributed by atoms with van der Waals surface area (Å²) in [5, 5.41) is 0. The molecule has 1 saturated heterocycles. The number of ether oxygens (including phenoxy) is 1. The highest BCUT2D eigenvalue weighted by atomic mass is 16.5. The van der Waals surface area contributed by atoms with E-state index < -0.39 is 0 Å². The average Bonchev–Trinajstić information content (AvgIpc) is 2.76. The molecule has 2 nitrogen and oxygen atoms in total. The molecule has 3 aliphatic rings. The topological polar surface area (TPSA) is 35.2 Å². The van der Waals surface area contributed by atoms with E-state index >= 15 is 0 Å². The van der Waals surface area contributed by atoms with Gasteiger partial charge in [0.05, 0.1) is 11.7 Å². The zero-order valence-electron chi connectivity index (χ0n) is 9.37. The molecule has 1 atom stereocenters. The van der Waals surface area contributed by atoms with Crippen LogP contribution in [0.15, 0.2) is 11.6 Å². The third kappa shape index (κ3) is 1.85. The van der Waals surface area contributed by atoms with Crippen molar-refractivity contribution < 1.29 is 4.74 Å². The zero-order chi connectivity index (χ0) is 10.3. The number of hydrogen-bond acceptors (Lipinski definition) is 2. The van der Waals surface area contributed by atoms with E-state index in [0.717, 1.165) is 12.8 Å². The van der Waals surface area contributed by atoms with Crippen LogP contribution in [0, 0.1) is 0 Å². The molecule has 2 heteroatoms. The van der Waals surface area contributed by atoms with E-state index in [1.165, 1.54) is 44.1 Å². The first-order chi connectivity index (χ1) is 7.26. The van der Waals surface area contributed by atoms with Gasteiger partial charge in [-0.1, -0.05) is 24.5 Å². The van der Waals surface area contributed by atoms with E-state index in [1.807, 2.05) is 0 Å². The summed E-state index contributed by atoms with van der Waals surface area (Å²) in [6.45, 7) is 0. The van der Waals surface area contributed by atoms with Gasteiger partial charge in [-0.05, 0) is 38.5 Å². The Balaban J connectivity index is 1.59. The van der Waals surface area contributed by atoms with E-state index in [0.29, 0.717) is 12.1 Å². The van der Waals surface area contributed by atoms with Crippen molar-refractivity contribution in [2.45, 2.75) is 69.1 Å². The Morgan fingerprint density at radius 1 is 1.20 bits per heavy atom. The van der Waals surface area contributed by atoms with E-state index in [4.69, 9.17) is 10.5 Å². The molecule has 1 heterocycles. The van der Waals surface area contributed by atoms with Crippen LogP contribution in [0.1, 0.15) is 51.4 Å². The Morgan fingerprint density at radius 3 is 2.60 bits per heavy atom. The second kappa shape index (κ2) is 3.60. The molecule has 1 unspecified atom stereocenters. The normalized spacial score (nSPS) is 38.3. The van der Waals surface area contributed by atoms with Gasteiger partial charge in [-0.25, -0.2) is 0 Å². The fourth-order valence-corrected chi connectivity index (χ4v) is 3.36. The van der Waals surface area contributed by atoms with Crippen molar-refractivity contribution in [1.82, 2.24) is 0 Å². The third-order valence-electron chi connectivity index (χ3n) is 4.27. The molecule has 1 spiro atoms. The molecule has 2 N–H and O–H groups in total. The fourth-order valence-electron chi connectivity index (χ4n) is 3.36. The fraction of sp³-hybridized carbons (Fsp3) is 0.846. The Labute approximate surface area is 91.9 Å². The largest absolute Gasteiger partial charge is 0.368 e. The van der Waals surface area contributed by atoms with Crippen molar-refractivity contribution in [1.29, 1.82) is 0 Å². The van der Waals surface area contributed by atoms with Crippen molar-refractivity contribution >= 4 is 0 Å². The van der Waals surface area contributed by atoms with Crippen LogP contribution >= 0.6 is 0 Å². The summed E-state index contributed by atoms with van der Waals surface area (Å²) in [6.07, 6.45) is 12.8. The van der Waals surface area contributed by atoms with Gasteiger partial charge in [0.2, 0.25) is 0 Å². The van der Waals surface area contributed by atoms with Crippen LogP contribution in [0.4, 0.5) is 0 Å². The Hall–Kier alpha value is -0.340. The summed E-state index contributed by atoms with van der Waals surface area (Å²) in [5.74, 6) is 0. The quantitative estimate of drug-likeness (QED) is 0.671. The molecule has 0 aromatic carbocycles. The zero-order valence-corrected chi connectivity index (χ0v) is 9.37. The molecule has 84 valence electrons. The SMILES string of the molecule is NC1CC(=CC2CCC3(CCCC3)O2)C1. The smallest absolute Gasteiger partial charge is 0.0767 e. The number of rotatable bonds is 1. The van der Waals surface area contributed by atoms with E-state index in [9.17, 15) is 0 Å². The first kappa shape index (κ1) is 9.86. The molecule has 0 radical (unpaired) electrons. The van der Waals surface area contributed by atoms with Gasteiger partial charge in [0.25, 0.3) is 0 Å². The van der Waals surface area contributed by atoms with Crippen LogP contribution in [0.3, 0.4) is 0 Å². The number of hydrogen-bond donors (Lipinski definition) is 1. The van der Waals surface area contributed by atoms with Crippen LogP contribution in [-0.2, 0) is 4.74 Å². The predicted molar refractivity (Wildman–Crippen MR) is 60.6 cm³/mol. The third-order valence-corrected chi connectivity index (χ3v) is 4.27. The maximum atomic E-state index is 6.23. The minimum absolute atomic E-state index is 0.285. The summed E-state index contributed by atoms with van der Waals surface area (Å²) in [6, 6.07) is 0.429. The summed E-state index contributed by atoms with van der Waals surface area (Å²) in [4.78, 5) is 0. The molecule has 0 amide bonds. The van der Waals surface area contributed by atoms with Crippen molar-refractivity contribution in [3.8, 4) is 0 Å². The lowest BCUT2D eigenvalue weighted by Gasteiger charge is -2.27. The molecular formula is C13H21NO. The molecule has 15 heavy (non-hydrogen) atoms. The lowest BCUT2D eigenvalue weighted by Crippen LogP contribution is -2.31. The second-order valence-corrected chi connectivity index (χ2v) is 5.58. The van der Waals surface area contributed by atoms with Gasteiger partial charge in [-0.3, -0.25) is 0 Å².